The number of hydrazine groups is 1. The Morgan fingerprint density at radius 3 is 2.65 bits per heavy atom. The molecule has 5 heteroatoms. The molecule has 5 nitrogen and oxygen atoms in total. The molecule has 114 valence electrons. The first-order valence-corrected chi connectivity index (χ1v) is 7.58. The lowest BCUT2D eigenvalue weighted by Gasteiger charge is -2.38. The second kappa shape index (κ2) is 6.14. The van der Waals surface area contributed by atoms with Crippen molar-refractivity contribution in [3.8, 4) is 5.75 Å². The Morgan fingerprint density at radius 2 is 2.15 bits per heavy atom. The number of nitrogens with zero attached hydrogens (tertiary/aromatic N) is 2. The van der Waals surface area contributed by atoms with Crippen LogP contribution in [0.3, 0.4) is 0 Å². The van der Waals surface area contributed by atoms with Crippen LogP contribution >= 0.6 is 0 Å². The molecule has 1 aromatic rings. The van der Waals surface area contributed by atoms with E-state index in [0.717, 1.165) is 18.0 Å². The molecule has 0 spiro atoms. The summed E-state index contributed by atoms with van der Waals surface area (Å²) in [4.78, 5) is 0. The van der Waals surface area contributed by atoms with Gasteiger partial charge in [0.05, 0.1) is 25.0 Å². The monoisotopic (exact) mass is 280 g/mol. The van der Waals surface area contributed by atoms with Gasteiger partial charge in [-0.1, -0.05) is 13.8 Å². The van der Waals surface area contributed by atoms with Crippen LogP contribution in [0.2, 0.25) is 0 Å². The summed E-state index contributed by atoms with van der Waals surface area (Å²) < 4.78 is 7.45. The Kier molecular flexibility index (Phi) is 4.70. The molecule has 1 atom stereocenters. The number of hydrogen-bond acceptors (Lipinski definition) is 4. The Bertz CT molecular complexity index is 410. The Balaban J connectivity index is 2.22. The molecule has 0 aromatic carbocycles. The van der Waals surface area contributed by atoms with E-state index in [4.69, 9.17) is 10.6 Å². The summed E-state index contributed by atoms with van der Waals surface area (Å²) in [5.41, 5.74) is 4.56. The first kappa shape index (κ1) is 15.3. The first-order chi connectivity index (χ1) is 9.52. The summed E-state index contributed by atoms with van der Waals surface area (Å²) in [7, 11) is 1.69. The lowest BCUT2D eigenvalue weighted by atomic mass is 9.70. The number of aromatic nitrogens is 2. The smallest absolute Gasteiger partial charge is 0.161 e. The molecule has 1 saturated carbocycles. The van der Waals surface area contributed by atoms with Crippen LogP contribution < -0.4 is 16.0 Å². The molecule has 2 rings (SSSR count). The highest BCUT2D eigenvalue weighted by Crippen LogP contribution is 2.43. The van der Waals surface area contributed by atoms with Gasteiger partial charge in [-0.15, -0.1) is 0 Å². The van der Waals surface area contributed by atoms with Crippen LogP contribution in [-0.2, 0) is 6.54 Å². The van der Waals surface area contributed by atoms with Crippen LogP contribution in [-0.4, -0.2) is 16.9 Å². The Hall–Kier alpha value is -1.07. The number of methoxy groups -OCH3 is 1. The van der Waals surface area contributed by atoms with E-state index in [0.29, 0.717) is 11.3 Å². The molecule has 20 heavy (non-hydrogen) atoms. The summed E-state index contributed by atoms with van der Waals surface area (Å²) in [6.45, 7) is 7.62. The summed E-state index contributed by atoms with van der Waals surface area (Å²) >= 11 is 0. The van der Waals surface area contributed by atoms with Gasteiger partial charge in [-0.3, -0.25) is 16.0 Å². The van der Waals surface area contributed by atoms with Crippen molar-refractivity contribution in [2.75, 3.05) is 7.11 Å². The highest BCUT2D eigenvalue weighted by atomic mass is 16.5. The van der Waals surface area contributed by atoms with Crippen LogP contribution in [0.1, 0.15) is 58.2 Å². The van der Waals surface area contributed by atoms with Gasteiger partial charge in [-0.25, -0.2) is 0 Å². The van der Waals surface area contributed by atoms with Crippen LogP contribution in [0.25, 0.3) is 0 Å². The molecule has 0 bridgehead atoms. The molecule has 0 amide bonds. The predicted octanol–water partition coefficient (Wildman–Crippen LogP) is 2.63. The van der Waals surface area contributed by atoms with Crippen molar-refractivity contribution in [3.63, 3.8) is 0 Å². The zero-order valence-electron chi connectivity index (χ0n) is 13.1. The third-order valence-corrected chi connectivity index (χ3v) is 4.69. The number of nitrogens with one attached hydrogen (secondary N) is 1. The van der Waals surface area contributed by atoms with Crippen molar-refractivity contribution in [2.24, 2.45) is 17.2 Å². The van der Waals surface area contributed by atoms with E-state index in [1.807, 2.05) is 4.68 Å². The zero-order valence-corrected chi connectivity index (χ0v) is 13.1. The molecule has 0 radical (unpaired) electrons. The summed E-state index contributed by atoms with van der Waals surface area (Å²) in [6.07, 6.45) is 6.67. The predicted molar refractivity (Wildman–Crippen MR) is 80.3 cm³/mol. The second-order valence-corrected chi connectivity index (χ2v) is 6.56. The Morgan fingerprint density at radius 1 is 1.50 bits per heavy atom. The molecule has 1 aliphatic rings. The molecule has 0 saturated heterocycles. The average Bonchev–Trinajstić information content (AvgIpc) is 2.84. The van der Waals surface area contributed by atoms with Crippen LogP contribution in [0.15, 0.2) is 6.20 Å². The van der Waals surface area contributed by atoms with Gasteiger partial charge < -0.3 is 4.74 Å². The second-order valence-electron chi connectivity index (χ2n) is 6.56. The minimum Gasteiger partial charge on any atom is -0.493 e. The number of hydrogen-bond donors (Lipinski definition) is 2. The van der Waals surface area contributed by atoms with E-state index >= 15 is 0 Å². The fourth-order valence-corrected chi connectivity index (χ4v) is 3.29. The van der Waals surface area contributed by atoms with Crippen molar-refractivity contribution >= 4 is 0 Å². The van der Waals surface area contributed by atoms with Crippen molar-refractivity contribution in [1.82, 2.24) is 15.2 Å². The van der Waals surface area contributed by atoms with Crippen molar-refractivity contribution < 1.29 is 4.74 Å². The van der Waals surface area contributed by atoms with E-state index in [1.165, 1.54) is 25.7 Å². The minimum atomic E-state index is 0.114. The molecule has 1 heterocycles. The van der Waals surface area contributed by atoms with Gasteiger partial charge in [-0.05, 0) is 43.9 Å². The van der Waals surface area contributed by atoms with E-state index in [1.54, 1.807) is 13.3 Å². The molecular formula is C15H28N4O. The third kappa shape index (κ3) is 2.99. The largest absolute Gasteiger partial charge is 0.493 e. The summed E-state index contributed by atoms with van der Waals surface area (Å²) in [5.74, 6) is 7.24. The van der Waals surface area contributed by atoms with Gasteiger partial charge >= 0.3 is 0 Å². The minimum absolute atomic E-state index is 0.114. The zero-order chi connectivity index (χ0) is 14.8. The molecule has 1 aliphatic carbocycles. The summed E-state index contributed by atoms with van der Waals surface area (Å²) in [6, 6.07) is 0.114. The number of nitrogens with two attached hydrogens (primary N) is 1. The fourth-order valence-electron chi connectivity index (χ4n) is 3.29. The number of ether oxygens (including phenoxy) is 1. The van der Waals surface area contributed by atoms with E-state index in [-0.39, 0.29) is 6.04 Å². The van der Waals surface area contributed by atoms with Crippen molar-refractivity contribution in [3.05, 3.63) is 11.9 Å². The van der Waals surface area contributed by atoms with E-state index < -0.39 is 0 Å². The van der Waals surface area contributed by atoms with Crippen molar-refractivity contribution in [2.45, 2.75) is 59.0 Å². The fraction of sp³-hybridized carbons (Fsp3) is 0.800. The number of rotatable bonds is 5. The maximum Gasteiger partial charge on any atom is 0.161 e. The number of aryl methyl sites for hydroxylation is 1. The molecule has 1 aromatic heterocycles. The van der Waals surface area contributed by atoms with Gasteiger partial charge in [0.1, 0.15) is 0 Å². The Labute approximate surface area is 121 Å². The highest BCUT2D eigenvalue weighted by Gasteiger charge is 2.34. The molecule has 1 unspecified atom stereocenters. The van der Waals surface area contributed by atoms with Crippen molar-refractivity contribution in [1.29, 1.82) is 0 Å². The lowest BCUT2D eigenvalue weighted by Crippen LogP contribution is -2.38. The van der Waals surface area contributed by atoms with E-state index in [9.17, 15) is 0 Å². The SMILES string of the molecule is CCn1ncc(OC)c1C(NN)C1CCC(C)(C)CC1. The van der Waals surface area contributed by atoms with Crippen LogP contribution in [0.5, 0.6) is 5.75 Å². The molecular weight excluding hydrogens is 252 g/mol. The summed E-state index contributed by atoms with van der Waals surface area (Å²) in [5, 5.41) is 4.39. The van der Waals surface area contributed by atoms with Gasteiger partial charge in [-0.2, -0.15) is 5.10 Å². The lowest BCUT2D eigenvalue weighted by molar-refractivity contribution is 0.157. The maximum atomic E-state index is 5.86. The van der Waals surface area contributed by atoms with Crippen LogP contribution in [0.4, 0.5) is 0 Å². The van der Waals surface area contributed by atoms with Gasteiger partial charge in [0.25, 0.3) is 0 Å². The average molecular weight is 280 g/mol. The first-order valence-electron chi connectivity index (χ1n) is 7.58. The van der Waals surface area contributed by atoms with E-state index in [2.05, 4.69) is 31.3 Å². The molecule has 3 N–H and O–H groups in total. The van der Waals surface area contributed by atoms with Crippen LogP contribution in [0, 0.1) is 11.3 Å². The van der Waals surface area contributed by atoms with Gasteiger partial charge in [0.2, 0.25) is 0 Å². The maximum absolute atomic E-state index is 5.86. The molecule has 1 fully saturated rings. The molecule has 0 aliphatic heterocycles. The quantitative estimate of drug-likeness (QED) is 0.643. The van der Waals surface area contributed by atoms with Gasteiger partial charge in [0, 0.05) is 6.54 Å². The normalized spacial score (nSPS) is 20.9. The topological polar surface area (TPSA) is 65.1 Å². The van der Waals surface area contributed by atoms with Gasteiger partial charge in [0.15, 0.2) is 5.75 Å². The third-order valence-electron chi connectivity index (χ3n) is 4.69. The standard InChI is InChI=1S/C15H28N4O/c1-5-19-14(12(20-4)10-17-19)13(18-16)11-6-8-15(2,3)9-7-11/h10-11,13,18H,5-9,16H2,1-4H3. The highest BCUT2D eigenvalue weighted by molar-refractivity contribution is 5.29.